The van der Waals surface area contributed by atoms with Crippen LogP contribution in [0.5, 0.6) is 0 Å². The van der Waals surface area contributed by atoms with Gasteiger partial charge in [0.2, 0.25) is 0 Å². The molecular weight excluding hydrogens is 512 g/mol. The maximum atomic E-state index is 12.7. The second kappa shape index (κ2) is 9.46. The van der Waals surface area contributed by atoms with Crippen LogP contribution < -0.4 is 5.32 Å². The van der Waals surface area contributed by atoms with Gasteiger partial charge in [0.15, 0.2) is 12.4 Å². The number of anilines is 1. The highest BCUT2D eigenvalue weighted by Crippen LogP contribution is 2.50. The Labute approximate surface area is 210 Å². The Hall–Kier alpha value is -3.78. The summed E-state index contributed by atoms with van der Waals surface area (Å²) in [6.45, 7) is -0.329. The second-order valence-electron chi connectivity index (χ2n) is 8.63. The largest absolute Gasteiger partial charge is 0.454 e. The first-order chi connectivity index (χ1) is 16.9. The quantitative estimate of drug-likeness (QED) is 0.133. The predicted molar refractivity (Wildman–Crippen MR) is 135 cm³/mol. The Bertz CT molecular complexity index is 1330. The molecule has 1 aliphatic heterocycles. The molecule has 0 saturated heterocycles. The fraction of sp³-hybridized carbons (Fsp3) is 0.185. The van der Waals surface area contributed by atoms with Crippen molar-refractivity contribution in [3.8, 4) is 0 Å². The third-order valence-electron chi connectivity index (χ3n) is 6.56. The van der Waals surface area contributed by atoms with Crippen molar-refractivity contribution in [1.82, 2.24) is 0 Å². The van der Waals surface area contributed by atoms with Crippen molar-refractivity contribution in [2.45, 2.75) is 18.4 Å². The minimum absolute atomic E-state index is 0.00960. The molecule has 35 heavy (non-hydrogen) atoms. The summed E-state index contributed by atoms with van der Waals surface area (Å²) in [5.41, 5.74) is 3.82. The van der Waals surface area contributed by atoms with Crippen molar-refractivity contribution in [2.75, 3.05) is 11.9 Å². The average Bonchev–Trinajstić information content (AvgIpc) is 3.37. The molecule has 8 heteroatoms. The normalized spacial score (nSPS) is 19.9. The van der Waals surface area contributed by atoms with Gasteiger partial charge in [-0.1, -0.05) is 52.3 Å². The van der Waals surface area contributed by atoms with E-state index in [-0.39, 0.29) is 36.0 Å². The molecule has 3 atom stereocenters. The second-order valence-corrected chi connectivity index (χ2v) is 9.55. The van der Waals surface area contributed by atoms with E-state index in [9.17, 15) is 19.7 Å². The van der Waals surface area contributed by atoms with E-state index in [0.717, 1.165) is 27.7 Å². The number of Topliss-reactive ketones (excluding diaryl/α,β-unsaturated/α-hetero) is 1. The molecule has 0 fully saturated rings. The fourth-order valence-electron chi connectivity index (χ4n) is 4.79. The van der Waals surface area contributed by atoms with Crippen LogP contribution >= 0.6 is 15.9 Å². The van der Waals surface area contributed by atoms with Crippen molar-refractivity contribution in [3.05, 3.63) is 116 Å². The smallest absolute Gasteiger partial charge is 0.338 e. The number of nitrogens with one attached hydrogen (secondary N) is 1. The van der Waals surface area contributed by atoms with Gasteiger partial charge in [-0.25, -0.2) is 4.79 Å². The van der Waals surface area contributed by atoms with Gasteiger partial charge >= 0.3 is 5.97 Å². The van der Waals surface area contributed by atoms with E-state index in [4.69, 9.17) is 4.74 Å². The number of halogens is 1. The molecule has 0 unspecified atom stereocenters. The number of ketones is 1. The molecule has 1 N–H and O–H groups in total. The number of esters is 1. The Kier molecular flexibility index (Phi) is 6.21. The summed E-state index contributed by atoms with van der Waals surface area (Å²) in [6.07, 6.45) is 5.14. The molecule has 7 nitrogen and oxygen atoms in total. The molecule has 3 aromatic carbocycles. The minimum atomic E-state index is -0.547. The number of allylic oxidation sites excluding steroid dienone is 2. The predicted octanol–water partition coefficient (Wildman–Crippen LogP) is 6.22. The maximum Gasteiger partial charge on any atom is 0.338 e. The zero-order valence-corrected chi connectivity index (χ0v) is 20.1. The molecule has 0 radical (unpaired) electrons. The van der Waals surface area contributed by atoms with E-state index in [1.165, 1.54) is 12.1 Å². The van der Waals surface area contributed by atoms with Crippen LogP contribution in [0.1, 0.15) is 50.2 Å². The number of hydrogen-bond donors (Lipinski definition) is 1. The van der Waals surface area contributed by atoms with Crippen LogP contribution in [-0.4, -0.2) is 23.3 Å². The van der Waals surface area contributed by atoms with E-state index in [1.54, 1.807) is 42.5 Å². The molecule has 0 spiro atoms. The Morgan fingerprint density at radius 3 is 2.46 bits per heavy atom. The summed E-state index contributed by atoms with van der Waals surface area (Å²) >= 11 is 3.33. The van der Waals surface area contributed by atoms with Gasteiger partial charge in [0, 0.05) is 33.8 Å². The van der Waals surface area contributed by atoms with Crippen LogP contribution in [0.25, 0.3) is 0 Å². The number of ether oxygens (including phenoxy) is 1. The summed E-state index contributed by atoms with van der Waals surface area (Å²) in [6, 6.07) is 18.9. The lowest BCUT2D eigenvalue weighted by atomic mass is 9.76. The van der Waals surface area contributed by atoms with Crippen molar-refractivity contribution >= 4 is 39.1 Å². The fourth-order valence-corrected chi connectivity index (χ4v) is 5.05. The number of hydrogen-bond acceptors (Lipinski definition) is 6. The zero-order valence-electron chi connectivity index (χ0n) is 18.5. The number of rotatable bonds is 6. The van der Waals surface area contributed by atoms with Crippen molar-refractivity contribution in [2.24, 2.45) is 5.92 Å². The highest BCUT2D eigenvalue weighted by molar-refractivity contribution is 9.10. The molecule has 2 aliphatic rings. The molecular formula is C27H21BrN2O5. The first-order valence-corrected chi connectivity index (χ1v) is 12.0. The average molecular weight is 533 g/mol. The van der Waals surface area contributed by atoms with E-state index >= 15 is 0 Å². The number of carbonyl (C=O) groups excluding carboxylic acids is 2. The van der Waals surface area contributed by atoms with E-state index < -0.39 is 10.9 Å². The number of nitro groups is 1. The molecule has 1 heterocycles. The van der Waals surface area contributed by atoms with Gasteiger partial charge in [0.05, 0.1) is 16.5 Å². The molecule has 0 aromatic heterocycles. The van der Waals surface area contributed by atoms with Gasteiger partial charge in [-0.15, -0.1) is 0 Å². The van der Waals surface area contributed by atoms with E-state index in [2.05, 4.69) is 33.4 Å². The first-order valence-electron chi connectivity index (χ1n) is 11.2. The summed E-state index contributed by atoms with van der Waals surface area (Å²) in [4.78, 5) is 35.7. The van der Waals surface area contributed by atoms with Crippen LogP contribution in [0.4, 0.5) is 11.4 Å². The van der Waals surface area contributed by atoms with Gasteiger partial charge in [-0.3, -0.25) is 14.9 Å². The molecule has 0 amide bonds. The molecule has 5 rings (SSSR count). The van der Waals surface area contributed by atoms with E-state index in [0.29, 0.717) is 11.1 Å². The number of fused-ring (bicyclic) bond motifs is 3. The van der Waals surface area contributed by atoms with Crippen molar-refractivity contribution in [3.63, 3.8) is 0 Å². The Balaban J connectivity index is 1.33. The van der Waals surface area contributed by atoms with Crippen LogP contribution in [0.15, 0.2) is 83.4 Å². The number of nitro benzene ring substituents is 1. The lowest BCUT2D eigenvalue weighted by Crippen LogP contribution is -2.29. The lowest BCUT2D eigenvalue weighted by molar-refractivity contribution is -0.384. The molecule has 3 aromatic rings. The standard InChI is InChI=1S/C27H21BrN2O5/c28-19-9-4-16(5-10-19)25(31)15-35-27(32)18-8-13-24-23(14-18)21-2-1-3-22(21)26(29-24)17-6-11-20(12-7-17)30(33)34/h1-2,4-14,21-22,26,29H,3,15H2/t21-,22-,26-/m0/s1. The molecule has 176 valence electrons. The van der Waals surface area contributed by atoms with Gasteiger partial charge in [-0.05, 0) is 53.8 Å². The molecule has 1 aliphatic carbocycles. The van der Waals surface area contributed by atoms with Crippen LogP contribution in [0, 0.1) is 16.0 Å². The third-order valence-corrected chi connectivity index (χ3v) is 7.09. The first kappa shape index (κ1) is 23.0. The van der Waals surface area contributed by atoms with Gasteiger partial charge < -0.3 is 10.1 Å². The van der Waals surface area contributed by atoms with Crippen molar-refractivity contribution < 1.29 is 19.2 Å². The summed E-state index contributed by atoms with van der Waals surface area (Å²) < 4.78 is 6.17. The molecule has 0 bridgehead atoms. The van der Waals surface area contributed by atoms with Gasteiger partial charge in [0.25, 0.3) is 5.69 Å². The summed E-state index contributed by atoms with van der Waals surface area (Å²) in [5, 5.41) is 14.6. The number of carbonyl (C=O) groups is 2. The highest BCUT2D eigenvalue weighted by atomic mass is 79.9. The van der Waals surface area contributed by atoms with Crippen LogP contribution in [-0.2, 0) is 4.74 Å². The number of nitrogens with zero attached hydrogens (tertiary/aromatic N) is 1. The van der Waals surface area contributed by atoms with Crippen molar-refractivity contribution in [1.29, 1.82) is 0 Å². The molecule has 0 saturated carbocycles. The van der Waals surface area contributed by atoms with Gasteiger partial charge in [0.1, 0.15) is 0 Å². The highest BCUT2D eigenvalue weighted by Gasteiger charge is 2.38. The maximum absolute atomic E-state index is 12.7. The number of non-ortho nitro benzene ring substituents is 1. The lowest BCUT2D eigenvalue weighted by Gasteiger charge is -2.37. The summed E-state index contributed by atoms with van der Waals surface area (Å²) in [5.74, 6) is -0.498. The Morgan fingerprint density at radius 1 is 1.03 bits per heavy atom. The van der Waals surface area contributed by atoms with Crippen LogP contribution in [0.3, 0.4) is 0 Å². The third kappa shape index (κ3) is 4.61. The SMILES string of the molecule is O=C(COC(=O)c1ccc2c(c1)[C@H]1C=CC[C@@H]1[C@H](c1ccc([N+](=O)[O-])cc1)N2)c1ccc(Br)cc1. The zero-order chi connectivity index (χ0) is 24.5. The Morgan fingerprint density at radius 2 is 1.74 bits per heavy atom. The summed E-state index contributed by atoms with van der Waals surface area (Å²) in [7, 11) is 0. The monoisotopic (exact) mass is 532 g/mol. The topological polar surface area (TPSA) is 98.5 Å². The van der Waals surface area contributed by atoms with E-state index in [1.807, 2.05) is 12.1 Å². The minimum Gasteiger partial charge on any atom is -0.454 e. The van der Waals surface area contributed by atoms with Crippen LogP contribution in [0.2, 0.25) is 0 Å². The van der Waals surface area contributed by atoms with Gasteiger partial charge in [-0.2, -0.15) is 0 Å². The number of benzene rings is 3.